The van der Waals surface area contributed by atoms with E-state index in [2.05, 4.69) is 11.4 Å². The van der Waals surface area contributed by atoms with Gasteiger partial charge in [0.15, 0.2) is 0 Å². The van der Waals surface area contributed by atoms with E-state index in [1.54, 1.807) is 52.6 Å². The SMILES string of the molecule is CC(C)N(CC(=O)N1CCc2sccc2[C@@H]1COc1ccc(Cl)cc1)C(=O)c1cccc(Cl)c1. The molecular formula is C26H26Cl2N2O3S. The van der Waals surface area contributed by atoms with E-state index in [0.29, 0.717) is 34.5 Å². The van der Waals surface area contributed by atoms with Crippen LogP contribution in [-0.2, 0) is 11.2 Å². The summed E-state index contributed by atoms with van der Waals surface area (Å²) in [5.74, 6) is 0.373. The van der Waals surface area contributed by atoms with Gasteiger partial charge in [-0.05, 0) is 79.7 Å². The average Bonchev–Trinajstić information content (AvgIpc) is 3.30. The molecule has 0 radical (unpaired) electrons. The second-order valence-corrected chi connectivity index (χ2v) is 10.3. The zero-order valence-corrected chi connectivity index (χ0v) is 21.4. The number of amides is 2. The highest BCUT2D eigenvalue weighted by Crippen LogP contribution is 2.34. The highest BCUT2D eigenvalue weighted by atomic mass is 35.5. The Morgan fingerprint density at radius 3 is 2.59 bits per heavy atom. The molecule has 2 aromatic carbocycles. The molecule has 1 atom stereocenters. The first-order valence-corrected chi connectivity index (χ1v) is 12.8. The Morgan fingerprint density at radius 2 is 1.88 bits per heavy atom. The Morgan fingerprint density at radius 1 is 1.12 bits per heavy atom. The maximum Gasteiger partial charge on any atom is 0.254 e. The molecule has 0 saturated heterocycles. The minimum absolute atomic E-state index is 0.0140. The molecule has 2 heterocycles. The van der Waals surface area contributed by atoms with Crippen LogP contribution in [0.1, 0.15) is 40.7 Å². The summed E-state index contributed by atoms with van der Waals surface area (Å²) in [5.41, 5.74) is 1.58. The van der Waals surface area contributed by atoms with Crippen molar-refractivity contribution in [3.8, 4) is 5.75 Å². The minimum Gasteiger partial charge on any atom is -0.491 e. The Bertz CT molecular complexity index is 1160. The second-order valence-electron chi connectivity index (χ2n) is 8.45. The Hall–Kier alpha value is -2.54. The molecule has 0 aliphatic carbocycles. The van der Waals surface area contributed by atoms with Gasteiger partial charge in [0, 0.05) is 33.1 Å². The number of rotatable bonds is 7. The largest absolute Gasteiger partial charge is 0.491 e. The first-order valence-electron chi connectivity index (χ1n) is 11.1. The molecule has 8 heteroatoms. The van der Waals surface area contributed by atoms with Gasteiger partial charge < -0.3 is 14.5 Å². The van der Waals surface area contributed by atoms with Crippen molar-refractivity contribution >= 4 is 46.4 Å². The van der Waals surface area contributed by atoms with Crippen LogP contribution in [-0.4, -0.2) is 47.4 Å². The van der Waals surface area contributed by atoms with Gasteiger partial charge >= 0.3 is 0 Å². The van der Waals surface area contributed by atoms with E-state index in [0.717, 1.165) is 12.0 Å². The van der Waals surface area contributed by atoms with Gasteiger partial charge in [-0.15, -0.1) is 11.3 Å². The molecule has 0 unspecified atom stereocenters. The number of nitrogens with zero attached hydrogens (tertiary/aromatic N) is 2. The van der Waals surface area contributed by atoms with Crippen LogP contribution in [0.2, 0.25) is 10.0 Å². The number of hydrogen-bond donors (Lipinski definition) is 0. The molecule has 0 saturated carbocycles. The fraction of sp³-hybridized carbons (Fsp3) is 0.308. The summed E-state index contributed by atoms with van der Waals surface area (Å²) in [6.45, 7) is 4.70. The summed E-state index contributed by atoms with van der Waals surface area (Å²) in [5, 5.41) is 3.18. The third-order valence-electron chi connectivity index (χ3n) is 5.90. The first kappa shape index (κ1) is 24.6. The lowest BCUT2D eigenvalue weighted by Gasteiger charge is -2.37. The number of carbonyl (C=O) groups excluding carboxylic acids is 2. The van der Waals surface area contributed by atoms with Gasteiger partial charge in [0.1, 0.15) is 18.9 Å². The molecular weight excluding hydrogens is 491 g/mol. The van der Waals surface area contributed by atoms with E-state index in [1.165, 1.54) is 4.88 Å². The Kier molecular flexibility index (Phi) is 7.81. The standard InChI is InChI=1S/C26H26Cl2N2O3S/c1-17(2)30(26(32)18-4-3-5-20(28)14-18)15-25(31)29-12-10-24-22(11-13-34-24)23(29)16-33-21-8-6-19(27)7-9-21/h3-9,11,13-14,17,23H,10,12,15-16H2,1-2H3/t23-/m0/s1. The van der Waals surface area contributed by atoms with Crippen molar-refractivity contribution in [3.63, 3.8) is 0 Å². The van der Waals surface area contributed by atoms with Crippen LogP contribution in [0, 0.1) is 0 Å². The lowest BCUT2D eigenvalue weighted by molar-refractivity contribution is -0.136. The predicted molar refractivity (Wildman–Crippen MR) is 137 cm³/mol. The van der Waals surface area contributed by atoms with Crippen molar-refractivity contribution < 1.29 is 14.3 Å². The van der Waals surface area contributed by atoms with Gasteiger partial charge in [0.25, 0.3) is 5.91 Å². The number of ether oxygens (including phenoxy) is 1. The Labute approximate surface area is 213 Å². The summed E-state index contributed by atoms with van der Waals surface area (Å²) < 4.78 is 6.05. The summed E-state index contributed by atoms with van der Waals surface area (Å²) >= 11 is 13.8. The minimum atomic E-state index is -0.228. The molecule has 0 fully saturated rings. The number of benzene rings is 2. The first-order chi connectivity index (χ1) is 16.3. The van der Waals surface area contributed by atoms with Crippen LogP contribution in [0.3, 0.4) is 0 Å². The monoisotopic (exact) mass is 516 g/mol. The normalized spacial score (nSPS) is 15.2. The number of halogens is 2. The Balaban J connectivity index is 1.53. The molecule has 1 aliphatic rings. The number of carbonyl (C=O) groups is 2. The van der Waals surface area contributed by atoms with Crippen molar-refractivity contribution in [2.75, 3.05) is 19.7 Å². The molecule has 0 bridgehead atoms. The number of hydrogen-bond acceptors (Lipinski definition) is 4. The van der Waals surface area contributed by atoms with E-state index in [-0.39, 0.29) is 30.4 Å². The van der Waals surface area contributed by atoms with Gasteiger partial charge in [0.05, 0.1) is 6.04 Å². The zero-order valence-electron chi connectivity index (χ0n) is 19.0. The number of thiophene rings is 1. The highest BCUT2D eigenvalue weighted by molar-refractivity contribution is 7.10. The molecule has 2 amide bonds. The highest BCUT2D eigenvalue weighted by Gasteiger charge is 2.34. The molecule has 178 valence electrons. The molecule has 34 heavy (non-hydrogen) atoms. The molecule has 0 N–H and O–H groups in total. The van der Waals surface area contributed by atoms with Crippen LogP contribution in [0.5, 0.6) is 5.75 Å². The summed E-state index contributed by atoms with van der Waals surface area (Å²) in [6.07, 6.45) is 0.792. The maximum absolute atomic E-state index is 13.6. The van der Waals surface area contributed by atoms with E-state index in [1.807, 2.05) is 30.9 Å². The van der Waals surface area contributed by atoms with Gasteiger partial charge in [0.2, 0.25) is 5.91 Å². The molecule has 5 nitrogen and oxygen atoms in total. The number of fused-ring (bicyclic) bond motifs is 1. The predicted octanol–water partition coefficient (Wildman–Crippen LogP) is 6.11. The van der Waals surface area contributed by atoms with Crippen molar-refractivity contribution in [2.45, 2.75) is 32.4 Å². The molecule has 1 aromatic heterocycles. The summed E-state index contributed by atoms with van der Waals surface area (Å²) in [6, 6.07) is 15.7. The lowest BCUT2D eigenvalue weighted by atomic mass is 10.00. The summed E-state index contributed by atoms with van der Waals surface area (Å²) in [4.78, 5) is 31.4. The smallest absolute Gasteiger partial charge is 0.254 e. The van der Waals surface area contributed by atoms with Gasteiger partial charge in [-0.3, -0.25) is 9.59 Å². The fourth-order valence-electron chi connectivity index (χ4n) is 4.09. The summed E-state index contributed by atoms with van der Waals surface area (Å²) in [7, 11) is 0. The van der Waals surface area contributed by atoms with Crippen molar-refractivity contribution in [2.24, 2.45) is 0 Å². The lowest BCUT2D eigenvalue weighted by Crippen LogP contribution is -2.49. The van der Waals surface area contributed by atoms with E-state index < -0.39 is 0 Å². The van der Waals surface area contributed by atoms with Gasteiger partial charge in [-0.2, -0.15) is 0 Å². The third kappa shape index (κ3) is 5.57. The van der Waals surface area contributed by atoms with E-state index >= 15 is 0 Å². The van der Waals surface area contributed by atoms with E-state index in [9.17, 15) is 9.59 Å². The van der Waals surface area contributed by atoms with Crippen LogP contribution in [0.25, 0.3) is 0 Å². The van der Waals surface area contributed by atoms with Crippen LogP contribution in [0.4, 0.5) is 0 Å². The van der Waals surface area contributed by atoms with Gasteiger partial charge in [-0.25, -0.2) is 0 Å². The average molecular weight is 517 g/mol. The van der Waals surface area contributed by atoms with Crippen LogP contribution in [0.15, 0.2) is 60.0 Å². The van der Waals surface area contributed by atoms with Crippen molar-refractivity contribution in [1.29, 1.82) is 0 Å². The third-order valence-corrected chi connectivity index (χ3v) is 7.38. The van der Waals surface area contributed by atoms with Crippen molar-refractivity contribution in [3.05, 3.63) is 86.0 Å². The van der Waals surface area contributed by atoms with Gasteiger partial charge in [-0.1, -0.05) is 29.3 Å². The molecule has 1 aliphatic heterocycles. The fourth-order valence-corrected chi connectivity index (χ4v) is 5.34. The second kappa shape index (κ2) is 10.8. The van der Waals surface area contributed by atoms with Crippen molar-refractivity contribution in [1.82, 2.24) is 9.80 Å². The maximum atomic E-state index is 13.6. The topological polar surface area (TPSA) is 49.9 Å². The molecule has 0 spiro atoms. The molecule has 3 aromatic rings. The van der Waals surface area contributed by atoms with Crippen LogP contribution < -0.4 is 4.74 Å². The van der Waals surface area contributed by atoms with E-state index in [4.69, 9.17) is 27.9 Å². The molecule has 4 rings (SSSR count). The van der Waals surface area contributed by atoms with Crippen LogP contribution >= 0.6 is 34.5 Å². The zero-order chi connectivity index (χ0) is 24.2. The quantitative estimate of drug-likeness (QED) is 0.380.